The van der Waals surface area contributed by atoms with Crippen molar-refractivity contribution in [3.63, 3.8) is 0 Å². The Morgan fingerprint density at radius 2 is 1.90 bits per heavy atom. The average molecular weight is 272 g/mol. The van der Waals surface area contributed by atoms with Gasteiger partial charge in [-0.05, 0) is 17.2 Å². The molecule has 0 aromatic heterocycles. The van der Waals surface area contributed by atoms with Crippen LogP contribution >= 0.6 is 0 Å². The van der Waals surface area contributed by atoms with Crippen molar-refractivity contribution >= 4 is 5.97 Å². The lowest BCUT2D eigenvalue weighted by Gasteiger charge is -2.13. The number of hydrogen-bond acceptors (Lipinski definition) is 2. The van der Waals surface area contributed by atoms with Crippen molar-refractivity contribution in [2.45, 2.75) is 19.8 Å². The monoisotopic (exact) mass is 272 g/mol. The van der Waals surface area contributed by atoms with Gasteiger partial charge in [-0.1, -0.05) is 49.4 Å². The van der Waals surface area contributed by atoms with E-state index in [1.54, 1.807) is 6.07 Å². The van der Waals surface area contributed by atoms with Crippen molar-refractivity contribution in [1.29, 1.82) is 0 Å². The Bertz CT molecular complexity index is 593. The Hall–Kier alpha value is -2.16. The van der Waals surface area contributed by atoms with Crippen LogP contribution in [0.1, 0.15) is 25.3 Å². The molecule has 1 unspecified atom stereocenters. The summed E-state index contributed by atoms with van der Waals surface area (Å²) in [5, 5.41) is 0. The Morgan fingerprint density at radius 1 is 1.20 bits per heavy atom. The van der Waals surface area contributed by atoms with Crippen LogP contribution in [0.4, 0.5) is 4.39 Å². The maximum Gasteiger partial charge on any atom is 0.302 e. The predicted molar refractivity (Wildman–Crippen MR) is 76.9 cm³/mol. The van der Waals surface area contributed by atoms with Crippen molar-refractivity contribution in [2.75, 3.05) is 6.61 Å². The molecule has 0 radical (unpaired) electrons. The lowest BCUT2D eigenvalue weighted by molar-refractivity contribution is -0.141. The van der Waals surface area contributed by atoms with Crippen LogP contribution in [0.3, 0.4) is 0 Å². The van der Waals surface area contributed by atoms with Gasteiger partial charge in [0.2, 0.25) is 0 Å². The maximum atomic E-state index is 14.2. The molecule has 0 aliphatic rings. The molecular formula is C17H17FO2. The quantitative estimate of drug-likeness (QED) is 0.781. The molecule has 2 rings (SSSR count). The first-order valence-electron chi connectivity index (χ1n) is 6.56. The topological polar surface area (TPSA) is 26.3 Å². The van der Waals surface area contributed by atoms with Crippen molar-refractivity contribution in [3.05, 3.63) is 59.9 Å². The largest absolute Gasteiger partial charge is 0.465 e. The highest BCUT2D eigenvalue weighted by molar-refractivity contribution is 5.66. The number of benzene rings is 2. The predicted octanol–water partition coefficient (Wildman–Crippen LogP) is 4.16. The summed E-state index contributed by atoms with van der Waals surface area (Å²) in [5.74, 6) is -0.611. The summed E-state index contributed by atoms with van der Waals surface area (Å²) in [6.45, 7) is 3.53. The second-order valence-corrected chi connectivity index (χ2v) is 4.81. The number of halogens is 1. The van der Waals surface area contributed by atoms with E-state index in [9.17, 15) is 9.18 Å². The Balaban J connectivity index is 2.20. The lowest BCUT2D eigenvalue weighted by Crippen LogP contribution is -2.08. The molecule has 0 bridgehead atoms. The van der Waals surface area contributed by atoms with E-state index in [4.69, 9.17) is 4.74 Å². The molecule has 2 aromatic rings. The van der Waals surface area contributed by atoms with Crippen LogP contribution in [0.15, 0.2) is 48.5 Å². The minimum absolute atomic E-state index is 0.0294. The van der Waals surface area contributed by atoms with Gasteiger partial charge in [-0.15, -0.1) is 0 Å². The van der Waals surface area contributed by atoms with E-state index in [-0.39, 0.29) is 24.3 Å². The summed E-state index contributed by atoms with van der Waals surface area (Å²) in [4.78, 5) is 10.8. The molecule has 2 aromatic carbocycles. The zero-order chi connectivity index (χ0) is 14.5. The van der Waals surface area contributed by atoms with E-state index in [0.717, 1.165) is 11.1 Å². The van der Waals surface area contributed by atoms with Gasteiger partial charge < -0.3 is 4.74 Å². The molecule has 104 valence electrons. The Kier molecular flexibility index (Phi) is 4.51. The van der Waals surface area contributed by atoms with E-state index in [0.29, 0.717) is 5.56 Å². The molecule has 0 aliphatic heterocycles. The van der Waals surface area contributed by atoms with Crippen molar-refractivity contribution in [2.24, 2.45) is 0 Å². The van der Waals surface area contributed by atoms with Crippen LogP contribution in [0.2, 0.25) is 0 Å². The maximum absolute atomic E-state index is 14.2. The molecule has 0 heterocycles. The summed E-state index contributed by atoms with van der Waals surface area (Å²) >= 11 is 0. The van der Waals surface area contributed by atoms with Crippen LogP contribution in [0.25, 0.3) is 11.1 Å². The number of hydrogen-bond donors (Lipinski definition) is 0. The highest BCUT2D eigenvalue weighted by Gasteiger charge is 2.11. The van der Waals surface area contributed by atoms with E-state index in [2.05, 4.69) is 0 Å². The summed E-state index contributed by atoms with van der Waals surface area (Å²) in [5.41, 5.74) is 2.25. The molecule has 0 amide bonds. The minimum Gasteiger partial charge on any atom is -0.465 e. The SMILES string of the molecule is CC(=O)OCC(C)c1ccc(-c2ccccc2)c(F)c1. The number of esters is 1. The third kappa shape index (κ3) is 3.44. The third-order valence-electron chi connectivity index (χ3n) is 3.18. The fourth-order valence-electron chi connectivity index (χ4n) is 2.03. The first-order chi connectivity index (χ1) is 9.58. The fraction of sp³-hybridized carbons (Fsp3) is 0.235. The first-order valence-corrected chi connectivity index (χ1v) is 6.56. The molecule has 20 heavy (non-hydrogen) atoms. The molecular weight excluding hydrogens is 255 g/mol. The van der Waals surface area contributed by atoms with Crippen molar-refractivity contribution in [1.82, 2.24) is 0 Å². The molecule has 0 spiro atoms. The van der Waals surface area contributed by atoms with Gasteiger partial charge in [-0.25, -0.2) is 4.39 Å². The Morgan fingerprint density at radius 3 is 2.50 bits per heavy atom. The van der Waals surface area contributed by atoms with Gasteiger partial charge in [-0.3, -0.25) is 4.79 Å². The van der Waals surface area contributed by atoms with E-state index >= 15 is 0 Å². The smallest absolute Gasteiger partial charge is 0.302 e. The number of carbonyl (C=O) groups is 1. The second kappa shape index (κ2) is 6.33. The summed E-state index contributed by atoms with van der Waals surface area (Å²) in [7, 11) is 0. The molecule has 0 fully saturated rings. The Labute approximate surface area is 118 Å². The van der Waals surface area contributed by atoms with Crippen LogP contribution in [0.5, 0.6) is 0 Å². The second-order valence-electron chi connectivity index (χ2n) is 4.81. The van der Waals surface area contributed by atoms with Crippen LogP contribution in [-0.2, 0) is 9.53 Å². The van der Waals surface area contributed by atoms with E-state index in [1.165, 1.54) is 13.0 Å². The average Bonchev–Trinajstić information content (AvgIpc) is 2.45. The van der Waals surface area contributed by atoms with Gasteiger partial charge in [0.15, 0.2) is 0 Å². The standard InChI is InChI=1S/C17H17FO2/c1-12(11-20-13(2)19)15-8-9-16(17(18)10-15)14-6-4-3-5-7-14/h3-10,12H,11H2,1-2H3. The molecule has 0 N–H and O–H groups in total. The van der Waals surface area contributed by atoms with Crippen molar-refractivity contribution < 1.29 is 13.9 Å². The summed E-state index contributed by atoms with van der Waals surface area (Å²) < 4.78 is 19.1. The van der Waals surface area contributed by atoms with Gasteiger partial charge in [0.1, 0.15) is 5.82 Å². The van der Waals surface area contributed by atoms with Gasteiger partial charge in [-0.2, -0.15) is 0 Å². The van der Waals surface area contributed by atoms with Gasteiger partial charge >= 0.3 is 5.97 Å². The lowest BCUT2D eigenvalue weighted by atomic mass is 9.97. The highest BCUT2D eigenvalue weighted by atomic mass is 19.1. The zero-order valence-corrected chi connectivity index (χ0v) is 11.6. The van der Waals surface area contributed by atoms with Crippen molar-refractivity contribution in [3.8, 4) is 11.1 Å². The molecule has 0 saturated heterocycles. The minimum atomic E-state index is -0.321. The van der Waals surface area contributed by atoms with Gasteiger partial charge in [0.25, 0.3) is 0 Å². The highest BCUT2D eigenvalue weighted by Crippen LogP contribution is 2.26. The molecule has 2 nitrogen and oxygen atoms in total. The van der Waals surface area contributed by atoms with E-state index < -0.39 is 0 Å². The molecule has 0 aliphatic carbocycles. The zero-order valence-electron chi connectivity index (χ0n) is 11.6. The number of ether oxygens (including phenoxy) is 1. The third-order valence-corrected chi connectivity index (χ3v) is 3.18. The summed E-state index contributed by atoms with van der Waals surface area (Å²) in [6, 6.07) is 14.6. The normalized spacial score (nSPS) is 11.9. The summed E-state index contributed by atoms with van der Waals surface area (Å²) in [6.07, 6.45) is 0. The molecule has 1 atom stereocenters. The molecule has 0 saturated carbocycles. The number of carbonyl (C=O) groups excluding carboxylic acids is 1. The number of rotatable bonds is 4. The molecule has 3 heteroatoms. The van der Waals surface area contributed by atoms with Crippen LogP contribution in [0, 0.1) is 5.82 Å². The van der Waals surface area contributed by atoms with Gasteiger partial charge in [0, 0.05) is 18.4 Å². The first kappa shape index (κ1) is 14.3. The van der Waals surface area contributed by atoms with Crippen LogP contribution < -0.4 is 0 Å². The van der Waals surface area contributed by atoms with E-state index in [1.807, 2.05) is 43.3 Å². The van der Waals surface area contributed by atoms with Gasteiger partial charge in [0.05, 0.1) is 6.61 Å². The van der Waals surface area contributed by atoms with Crippen LogP contribution in [-0.4, -0.2) is 12.6 Å². The fourth-order valence-corrected chi connectivity index (χ4v) is 2.03.